The van der Waals surface area contributed by atoms with Crippen molar-refractivity contribution in [3.8, 4) is 23.0 Å². The van der Waals surface area contributed by atoms with Gasteiger partial charge in [-0.25, -0.2) is 0 Å². The minimum Gasteiger partial charge on any atom is -0.497 e. The van der Waals surface area contributed by atoms with Gasteiger partial charge >= 0.3 is 17.6 Å². The van der Waals surface area contributed by atoms with Crippen LogP contribution in [0.25, 0.3) is 0 Å². The van der Waals surface area contributed by atoms with Crippen LogP contribution in [0.2, 0.25) is 0 Å². The number of hydrogen-bond acceptors (Lipinski definition) is 10. The summed E-state index contributed by atoms with van der Waals surface area (Å²) in [6.45, 7) is 14.7. The maximum Gasteiger partial charge on any atom is 0.537 e. The third-order valence-corrected chi connectivity index (χ3v) is 11.4. The number of ether oxygens (including phenoxy) is 4. The third kappa shape index (κ3) is 10.0. The largest absolute Gasteiger partial charge is 0.537 e. The second-order valence-corrected chi connectivity index (χ2v) is 13.0. The molecule has 2 aromatic carbocycles. The minimum absolute atomic E-state index is 0.520. The van der Waals surface area contributed by atoms with E-state index in [0.29, 0.717) is 62.6 Å². The molecule has 0 bridgehead atoms. The average molecular weight is 601 g/mol. The maximum atomic E-state index is 5.88. The van der Waals surface area contributed by atoms with Crippen molar-refractivity contribution < 1.29 is 45.5 Å². The molecule has 40 heavy (non-hydrogen) atoms. The number of methoxy groups -OCH3 is 4. The third-order valence-electron chi connectivity index (χ3n) is 5.42. The molecule has 0 spiro atoms. The molecule has 0 aromatic heterocycles. The fourth-order valence-corrected chi connectivity index (χ4v) is 8.91. The summed E-state index contributed by atoms with van der Waals surface area (Å²) in [4.78, 5) is 0. The highest BCUT2D eigenvalue weighted by Gasteiger charge is 2.45. The maximum absolute atomic E-state index is 5.88. The van der Waals surface area contributed by atoms with Gasteiger partial charge in [-0.05, 0) is 65.8 Å². The van der Waals surface area contributed by atoms with Gasteiger partial charge in [0.1, 0.15) is 23.0 Å². The van der Waals surface area contributed by atoms with Crippen molar-refractivity contribution in [1.29, 1.82) is 0 Å². The standard InChI is InChI=1S/2C14H24O5Si/c2*1-6-17-20(18-7-2,19-8-3)14-10-12(15-4)9-13(11-14)16-5/h2*9-11H,6-8H2,1-5H3. The highest BCUT2D eigenvalue weighted by molar-refractivity contribution is 6.76. The summed E-state index contributed by atoms with van der Waals surface area (Å²) < 4.78 is 56.5. The summed E-state index contributed by atoms with van der Waals surface area (Å²) >= 11 is 0. The van der Waals surface area contributed by atoms with Crippen LogP contribution in [-0.2, 0) is 26.6 Å². The molecule has 0 radical (unpaired) electrons. The van der Waals surface area contributed by atoms with E-state index in [2.05, 4.69) is 0 Å². The molecule has 0 N–H and O–H groups in total. The Balaban J connectivity index is 0.000000400. The molecule has 0 fully saturated rings. The summed E-state index contributed by atoms with van der Waals surface area (Å²) in [5, 5.41) is 1.69. The van der Waals surface area contributed by atoms with E-state index in [4.69, 9.17) is 45.5 Å². The van der Waals surface area contributed by atoms with Crippen molar-refractivity contribution >= 4 is 28.0 Å². The van der Waals surface area contributed by atoms with E-state index in [9.17, 15) is 0 Å². The molecule has 0 saturated carbocycles. The molecule has 2 rings (SSSR count). The van der Waals surface area contributed by atoms with Crippen LogP contribution < -0.4 is 29.3 Å². The highest BCUT2D eigenvalue weighted by atomic mass is 28.4. The molecule has 0 atom stereocenters. The zero-order chi connectivity index (χ0) is 30.0. The lowest BCUT2D eigenvalue weighted by molar-refractivity contribution is 0.0850. The van der Waals surface area contributed by atoms with Crippen LogP contribution >= 0.6 is 0 Å². The van der Waals surface area contributed by atoms with E-state index in [-0.39, 0.29) is 0 Å². The molecule has 10 nitrogen and oxygen atoms in total. The first-order chi connectivity index (χ1) is 19.3. The first-order valence-electron chi connectivity index (χ1n) is 13.6. The zero-order valence-corrected chi connectivity index (χ0v) is 27.8. The Hall–Kier alpha value is -2.17. The summed E-state index contributed by atoms with van der Waals surface area (Å²) in [7, 11) is 0.606. The summed E-state index contributed by atoms with van der Waals surface area (Å²) in [5.41, 5.74) is 0. The van der Waals surface area contributed by atoms with E-state index in [1.165, 1.54) is 0 Å². The van der Waals surface area contributed by atoms with Gasteiger partial charge in [-0.3, -0.25) is 0 Å². The Morgan fingerprint density at radius 2 is 0.575 bits per heavy atom. The first-order valence-corrected chi connectivity index (χ1v) is 17.1. The van der Waals surface area contributed by atoms with Crippen LogP contribution in [0.4, 0.5) is 0 Å². The lowest BCUT2D eigenvalue weighted by Gasteiger charge is -2.29. The van der Waals surface area contributed by atoms with Crippen molar-refractivity contribution in [3.63, 3.8) is 0 Å². The molecule has 2 aromatic rings. The summed E-state index contributed by atoms with van der Waals surface area (Å²) in [6.07, 6.45) is 0. The van der Waals surface area contributed by atoms with Crippen LogP contribution in [0.5, 0.6) is 23.0 Å². The van der Waals surface area contributed by atoms with Crippen LogP contribution in [0.15, 0.2) is 36.4 Å². The highest BCUT2D eigenvalue weighted by Crippen LogP contribution is 2.23. The van der Waals surface area contributed by atoms with Gasteiger partial charge in [-0.1, -0.05) is 0 Å². The van der Waals surface area contributed by atoms with Gasteiger partial charge in [0, 0.05) is 62.1 Å². The van der Waals surface area contributed by atoms with Gasteiger partial charge in [0.25, 0.3) is 0 Å². The van der Waals surface area contributed by atoms with E-state index >= 15 is 0 Å². The van der Waals surface area contributed by atoms with Gasteiger partial charge in [-0.2, -0.15) is 0 Å². The molecule has 0 aliphatic carbocycles. The predicted molar refractivity (Wildman–Crippen MR) is 160 cm³/mol. The lowest BCUT2D eigenvalue weighted by Crippen LogP contribution is -2.56. The van der Waals surface area contributed by atoms with Crippen molar-refractivity contribution in [1.82, 2.24) is 0 Å². The Bertz CT molecular complexity index is 820. The molecule has 0 unspecified atom stereocenters. The zero-order valence-electron chi connectivity index (χ0n) is 25.8. The van der Waals surface area contributed by atoms with Crippen LogP contribution in [0.3, 0.4) is 0 Å². The molecular weight excluding hydrogens is 552 g/mol. The first kappa shape index (κ1) is 35.9. The minimum atomic E-state index is -2.93. The van der Waals surface area contributed by atoms with Crippen LogP contribution in [0, 0.1) is 0 Å². The van der Waals surface area contributed by atoms with Crippen molar-refractivity contribution in [2.45, 2.75) is 41.5 Å². The summed E-state index contributed by atoms with van der Waals surface area (Å²) in [6, 6.07) is 11.2. The van der Waals surface area contributed by atoms with Gasteiger partial charge in [0.05, 0.1) is 28.4 Å². The molecule has 0 amide bonds. The van der Waals surface area contributed by atoms with Gasteiger partial charge in [0.2, 0.25) is 0 Å². The Kier molecular flexibility index (Phi) is 17.1. The Labute approximate surface area is 242 Å². The molecular formula is C28H48O10Si2. The molecule has 0 saturated heterocycles. The molecule has 0 aliphatic rings. The van der Waals surface area contributed by atoms with E-state index in [0.717, 1.165) is 10.4 Å². The monoisotopic (exact) mass is 600 g/mol. The SMILES string of the molecule is CCO[Si](OCC)(OCC)c1cc(OC)cc(OC)c1.CCO[Si](OCC)(OCC)c1cc(OC)cc(OC)c1. The normalized spacial score (nSPS) is 11.4. The van der Waals surface area contributed by atoms with Gasteiger partial charge in [-0.15, -0.1) is 0 Å². The lowest BCUT2D eigenvalue weighted by atomic mass is 10.3. The summed E-state index contributed by atoms with van der Waals surface area (Å²) in [5.74, 6) is 2.76. The molecule has 0 aliphatic heterocycles. The topological polar surface area (TPSA) is 92.3 Å². The molecule has 0 heterocycles. The number of benzene rings is 2. The number of rotatable bonds is 18. The van der Waals surface area contributed by atoms with E-state index in [1.54, 1.807) is 28.4 Å². The van der Waals surface area contributed by atoms with Crippen molar-refractivity contribution in [2.75, 3.05) is 68.1 Å². The Morgan fingerprint density at radius 1 is 0.375 bits per heavy atom. The van der Waals surface area contributed by atoms with Gasteiger partial charge < -0.3 is 45.5 Å². The smallest absolute Gasteiger partial charge is 0.497 e. The molecule has 228 valence electrons. The predicted octanol–water partition coefficient (Wildman–Crippen LogP) is 3.92. The van der Waals surface area contributed by atoms with Gasteiger partial charge in [0.15, 0.2) is 0 Å². The number of hydrogen-bond donors (Lipinski definition) is 0. The van der Waals surface area contributed by atoms with Crippen LogP contribution in [0.1, 0.15) is 41.5 Å². The fourth-order valence-electron chi connectivity index (χ4n) is 3.86. The second-order valence-electron chi connectivity index (χ2n) is 7.91. The average Bonchev–Trinajstić information content (AvgIpc) is 2.97. The van der Waals surface area contributed by atoms with Crippen LogP contribution in [-0.4, -0.2) is 85.7 Å². The molecule has 12 heteroatoms. The quantitative estimate of drug-likeness (QED) is 0.235. The van der Waals surface area contributed by atoms with E-state index < -0.39 is 17.6 Å². The Morgan fingerprint density at radius 3 is 0.725 bits per heavy atom. The van der Waals surface area contributed by atoms with Crippen molar-refractivity contribution in [2.24, 2.45) is 0 Å². The fraction of sp³-hybridized carbons (Fsp3) is 0.571. The second kappa shape index (κ2) is 19.0. The van der Waals surface area contributed by atoms with Crippen molar-refractivity contribution in [3.05, 3.63) is 36.4 Å². The van der Waals surface area contributed by atoms with E-state index in [1.807, 2.05) is 77.9 Å².